The van der Waals surface area contributed by atoms with Gasteiger partial charge < -0.3 is 15.4 Å². The Morgan fingerprint density at radius 3 is 2.56 bits per heavy atom. The lowest BCUT2D eigenvalue weighted by Crippen LogP contribution is -2.45. The number of hydrogen-bond acceptors (Lipinski definition) is 3. The van der Waals surface area contributed by atoms with Gasteiger partial charge in [0.05, 0.1) is 6.61 Å². The molecule has 1 aromatic rings. The van der Waals surface area contributed by atoms with E-state index in [4.69, 9.17) is 4.74 Å². The zero-order valence-electron chi connectivity index (χ0n) is 15.0. The van der Waals surface area contributed by atoms with Crippen molar-refractivity contribution >= 4 is 27.9 Å². The van der Waals surface area contributed by atoms with Gasteiger partial charge in [0.25, 0.3) is 0 Å². The summed E-state index contributed by atoms with van der Waals surface area (Å²) in [5.41, 5.74) is 1.20. The maximum Gasteiger partial charge on any atom is 0.407 e. The monoisotopic (exact) mass is 410 g/mol. The number of halogens is 1. The number of hydrogen-bond donors (Lipinski definition) is 2. The molecule has 1 aliphatic carbocycles. The second-order valence-electron chi connectivity index (χ2n) is 6.94. The summed E-state index contributed by atoms with van der Waals surface area (Å²) in [6.45, 7) is 6.72. The number of nitrogens with one attached hydrogen (secondary N) is 2. The maximum atomic E-state index is 12.4. The molecule has 1 fully saturated rings. The van der Waals surface area contributed by atoms with E-state index in [1.807, 2.05) is 12.1 Å². The number of carbonyl (C=O) groups is 2. The zero-order chi connectivity index (χ0) is 18.4. The van der Waals surface area contributed by atoms with E-state index in [-0.39, 0.29) is 17.9 Å². The van der Waals surface area contributed by atoms with Gasteiger partial charge in [-0.25, -0.2) is 4.79 Å². The summed E-state index contributed by atoms with van der Waals surface area (Å²) in [4.78, 5) is 24.0. The Balaban J connectivity index is 1.82. The number of amides is 2. The highest BCUT2D eigenvalue weighted by molar-refractivity contribution is 9.10. The fourth-order valence-electron chi connectivity index (χ4n) is 3.02. The molecular formula is C19H27BrN2O3. The Hall–Kier alpha value is -1.56. The summed E-state index contributed by atoms with van der Waals surface area (Å²) in [5, 5.41) is 5.82. The van der Waals surface area contributed by atoms with Crippen LogP contribution >= 0.6 is 15.9 Å². The summed E-state index contributed by atoms with van der Waals surface area (Å²) >= 11 is 3.43. The lowest BCUT2D eigenvalue weighted by molar-refractivity contribution is -0.122. The van der Waals surface area contributed by atoms with Crippen molar-refractivity contribution in [3.8, 4) is 0 Å². The molecule has 3 atom stereocenters. The Bertz CT molecular complexity index is 589. The third-order valence-corrected chi connectivity index (χ3v) is 4.83. The molecule has 2 amide bonds. The van der Waals surface area contributed by atoms with Crippen molar-refractivity contribution in [1.29, 1.82) is 0 Å². The van der Waals surface area contributed by atoms with Crippen molar-refractivity contribution in [1.82, 2.24) is 10.6 Å². The summed E-state index contributed by atoms with van der Waals surface area (Å²) < 4.78 is 5.98. The van der Waals surface area contributed by atoms with Gasteiger partial charge in [-0.15, -0.1) is 0 Å². The van der Waals surface area contributed by atoms with Crippen molar-refractivity contribution in [3.63, 3.8) is 0 Å². The number of carbonyl (C=O) groups excluding carboxylic acids is 2. The minimum Gasteiger partial charge on any atom is -0.450 e. The maximum absolute atomic E-state index is 12.4. The second kappa shape index (κ2) is 9.22. The van der Waals surface area contributed by atoms with Gasteiger partial charge in [0.2, 0.25) is 5.91 Å². The molecule has 1 aromatic carbocycles. The first-order valence-corrected chi connectivity index (χ1v) is 9.66. The zero-order valence-corrected chi connectivity index (χ0v) is 16.6. The Labute approximate surface area is 158 Å². The molecule has 6 heteroatoms. The van der Waals surface area contributed by atoms with Crippen LogP contribution < -0.4 is 10.6 Å². The smallest absolute Gasteiger partial charge is 0.407 e. The molecule has 138 valence electrons. The predicted octanol–water partition coefficient (Wildman–Crippen LogP) is 3.83. The fraction of sp³-hybridized carbons (Fsp3) is 0.579. The molecule has 2 N–H and O–H groups in total. The lowest BCUT2D eigenvalue weighted by atomic mass is 10.0. The first-order chi connectivity index (χ1) is 11.9. The predicted molar refractivity (Wildman–Crippen MR) is 101 cm³/mol. The number of ether oxygens (including phenoxy) is 1. The minimum absolute atomic E-state index is 0.0310. The van der Waals surface area contributed by atoms with Gasteiger partial charge in [-0.05, 0) is 49.3 Å². The van der Waals surface area contributed by atoms with Gasteiger partial charge in [-0.2, -0.15) is 0 Å². The van der Waals surface area contributed by atoms with Crippen LogP contribution in [0.3, 0.4) is 0 Å². The summed E-state index contributed by atoms with van der Waals surface area (Å²) in [6, 6.07) is 8.01. The van der Waals surface area contributed by atoms with Crippen molar-refractivity contribution in [3.05, 3.63) is 34.3 Å². The molecule has 2 rings (SSSR count). The summed E-state index contributed by atoms with van der Waals surface area (Å²) in [6.07, 6.45) is 1.25. The quantitative estimate of drug-likeness (QED) is 0.683. The highest BCUT2D eigenvalue weighted by Crippen LogP contribution is 2.47. The Morgan fingerprint density at radius 1 is 1.28 bits per heavy atom. The van der Waals surface area contributed by atoms with Gasteiger partial charge in [-0.1, -0.05) is 41.9 Å². The van der Waals surface area contributed by atoms with Crippen LogP contribution in [-0.4, -0.2) is 31.2 Å². The fourth-order valence-corrected chi connectivity index (χ4v) is 3.28. The van der Waals surface area contributed by atoms with Gasteiger partial charge in [0, 0.05) is 23.0 Å². The van der Waals surface area contributed by atoms with Gasteiger partial charge in [0.1, 0.15) is 0 Å². The largest absolute Gasteiger partial charge is 0.450 e. The normalized spacial score (nSPS) is 20.0. The molecule has 0 heterocycles. The summed E-state index contributed by atoms with van der Waals surface area (Å²) in [7, 11) is 0. The van der Waals surface area contributed by atoms with Crippen molar-refractivity contribution in [2.24, 2.45) is 11.8 Å². The van der Waals surface area contributed by atoms with E-state index in [1.165, 1.54) is 5.56 Å². The van der Waals surface area contributed by atoms with E-state index in [9.17, 15) is 9.59 Å². The molecule has 0 aromatic heterocycles. The van der Waals surface area contributed by atoms with E-state index in [0.717, 1.165) is 17.3 Å². The van der Waals surface area contributed by atoms with E-state index >= 15 is 0 Å². The van der Waals surface area contributed by atoms with Crippen LogP contribution in [0.5, 0.6) is 0 Å². The molecule has 0 radical (unpaired) electrons. The molecule has 25 heavy (non-hydrogen) atoms. The standard InChI is InChI=1S/C19H27BrN2O3/c1-4-25-19(24)22-15(9-12(2)3)11-21-18(23)17-10-16(17)13-5-7-14(20)8-6-13/h5-8,12,15-17H,4,9-11H2,1-3H3,(H,21,23)(H,22,24). The van der Waals surface area contributed by atoms with Gasteiger partial charge in [0.15, 0.2) is 0 Å². The van der Waals surface area contributed by atoms with Gasteiger partial charge >= 0.3 is 6.09 Å². The van der Waals surface area contributed by atoms with Crippen LogP contribution in [0.1, 0.15) is 45.1 Å². The van der Waals surface area contributed by atoms with Crippen LogP contribution in [-0.2, 0) is 9.53 Å². The first-order valence-electron chi connectivity index (χ1n) is 8.87. The number of rotatable bonds is 8. The van der Waals surface area contributed by atoms with Crippen LogP contribution in [0.25, 0.3) is 0 Å². The number of alkyl carbamates (subject to hydrolysis) is 1. The number of benzene rings is 1. The molecule has 1 aliphatic rings. The van der Waals surface area contributed by atoms with E-state index in [2.05, 4.69) is 52.5 Å². The average Bonchev–Trinajstić information content (AvgIpc) is 3.33. The summed E-state index contributed by atoms with van der Waals surface area (Å²) in [5.74, 6) is 0.811. The van der Waals surface area contributed by atoms with E-state index in [1.54, 1.807) is 6.92 Å². The highest BCUT2D eigenvalue weighted by Gasteiger charge is 2.43. The molecule has 3 unspecified atom stereocenters. The Morgan fingerprint density at radius 2 is 1.96 bits per heavy atom. The van der Waals surface area contributed by atoms with Crippen LogP contribution in [0.4, 0.5) is 4.79 Å². The molecule has 0 spiro atoms. The second-order valence-corrected chi connectivity index (χ2v) is 7.85. The Kier molecular flexibility index (Phi) is 7.29. The molecule has 0 bridgehead atoms. The van der Waals surface area contributed by atoms with E-state index < -0.39 is 6.09 Å². The van der Waals surface area contributed by atoms with Crippen molar-refractivity contribution in [2.45, 2.75) is 45.6 Å². The SMILES string of the molecule is CCOC(=O)NC(CNC(=O)C1CC1c1ccc(Br)cc1)CC(C)C. The third-order valence-electron chi connectivity index (χ3n) is 4.30. The minimum atomic E-state index is -0.429. The van der Waals surface area contributed by atoms with Crippen molar-refractivity contribution in [2.75, 3.05) is 13.2 Å². The van der Waals surface area contributed by atoms with E-state index in [0.29, 0.717) is 25.0 Å². The topological polar surface area (TPSA) is 67.4 Å². The molecule has 5 nitrogen and oxygen atoms in total. The third kappa shape index (κ3) is 6.34. The van der Waals surface area contributed by atoms with Crippen LogP contribution in [0, 0.1) is 11.8 Å². The average molecular weight is 411 g/mol. The highest BCUT2D eigenvalue weighted by atomic mass is 79.9. The van der Waals surface area contributed by atoms with Crippen LogP contribution in [0.2, 0.25) is 0 Å². The van der Waals surface area contributed by atoms with Crippen molar-refractivity contribution < 1.29 is 14.3 Å². The molecular weight excluding hydrogens is 384 g/mol. The lowest BCUT2D eigenvalue weighted by Gasteiger charge is -2.20. The van der Waals surface area contributed by atoms with Crippen LogP contribution in [0.15, 0.2) is 28.7 Å². The molecule has 0 aliphatic heterocycles. The molecule has 1 saturated carbocycles. The first kappa shape index (κ1) is 19.8. The molecule has 0 saturated heterocycles. The van der Waals surface area contributed by atoms with Gasteiger partial charge in [-0.3, -0.25) is 4.79 Å².